The minimum atomic E-state index is -1.11. The van der Waals surface area contributed by atoms with Gasteiger partial charge in [0.05, 0.1) is 5.97 Å². The topological polar surface area (TPSA) is 40.1 Å². The molecule has 82 valence electrons. The van der Waals surface area contributed by atoms with Crippen molar-refractivity contribution in [1.29, 1.82) is 0 Å². The van der Waals surface area contributed by atoms with Crippen LogP contribution in [-0.4, -0.2) is 11.3 Å². The average molecular weight is 262 g/mol. The van der Waals surface area contributed by atoms with Crippen LogP contribution in [0, 0.1) is 0 Å². The van der Waals surface area contributed by atoms with Gasteiger partial charge in [0, 0.05) is 5.33 Å². The van der Waals surface area contributed by atoms with Crippen molar-refractivity contribution in [2.24, 2.45) is 0 Å². The van der Waals surface area contributed by atoms with Gasteiger partial charge in [0.1, 0.15) is 0 Å². The van der Waals surface area contributed by atoms with E-state index in [4.69, 9.17) is 0 Å². The Balaban J connectivity index is 3.13. The second-order valence-electron chi connectivity index (χ2n) is 3.45. The van der Waals surface area contributed by atoms with Crippen LogP contribution >= 0.6 is 15.9 Å². The monoisotopic (exact) mass is 261 g/mol. The maximum atomic E-state index is 10.3. The number of carbonyl (C=O) groups is 1. The van der Waals surface area contributed by atoms with E-state index in [2.05, 4.69) is 22.5 Å². The molecule has 0 amide bonds. The fourth-order valence-corrected chi connectivity index (χ4v) is 1.64. The number of halogens is 1. The van der Waals surface area contributed by atoms with E-state index in [1.807, 2.05) is 0 Å². The maximum Gasteiger partial charge on any atom is 0.0668 e. The largest absolute Gasteiger partial charge is 0.545 e. The normalized spacial score (nSPS) is 10.1. The summed E-state index contributed by atoms with van der Waals surface area (Å²) in [6.07, 6.45) is 7.49. The number of alkyl halides is 1. The van der Waals surface area contributed by atoms with Gasteiger partial charge in [-0.25, -0.2) is 0 Å². The third-order valence-electron chi connectivity index (χ3n) is 2.15. The number of carbonyl (C=O) groups excluding carboxylic acids is 1. The van der Waals surface area contributed by atoms with Crippen molar-refractivity contribution >= 4 is 21.9 Å². The molecule has 0 unspecified atom stereocenters. The van der Waals surface area contributed by atoms with Crippen LogP contribution in [0.2, 0.25) is 0 Å². The van der Waals surface area contributed by atoms with Crippen molar-refractivity contribution in [1.82, 2.24) is 0 Å². The average Bonchev–Trinajstić information content (AvgIpc) is 2.16. The van der Waals surface area contributed by atoms with E-state index in [-0.39, 0.29) is 5.57 Å². The van der Waals surface area contributed by atoms with Crippen LogP contribution < -0.4 is 5.11 Å². The standard InChI is InChI=1S/C11H19BrO2/c1-10(11(13)14)8-6-4-2-3-5-7-9-12/h1-9H2,(H,13,14)/p-1. The Kier molecular flexibility index (Phi) is 9.05. The summed E-state index contributed by atoms with van der Waals surface area (Å²) in [7, 11) is 0. The first-order chi connectivity index (χ1) is 6.68. The summed E-state index contributed by atoms with van der Waals surface area (Å²) in [6.45, 7) is 3.43. The van der Waals surface area contributed by atoms with Gasteiger partial charge in [0.25, 0.3) is 0 Å². The lowest BCUT2D eigenvalue weighted by atomic mass is 10.1. The predicted octanol–water partition coefficient (Wildman–Crippen LogP) is 2.42. The van der Waals surface area contributed by atoms with E-state index in [0.29, 0.717) is 6.42 Å². The summed E-state index contributed by atoms with van der Waals surface area (Å²) in [5.41, 5.74) is 0.227. The molecule has 0 spiro atoms. The fraction of sp³-hybridized carbons (Fsp3) is 0.727. The summed E-state index contributed by atoms with van der Waals surface area (Å²) in [5, 5.41) is 11.4. The molecule has 0 aliphatic carbocycles. The quantitative estimate of drug-likeness (QED) is 0.363. The van der Waals surface area contributed by atoms with Crippen molar-refractivity contribution in [2.45, 2.75) is 44.9 Å². The summed E-state index contributed by atoms with van der Waals surface area (Å²) in [6, 6.07) is 0. The number of rotatable bonds is 9. The minimum absolute atomic E-state index is 0.227. The van der Waals surface area contributed by atoms with Gasteiger partial charge < -0.3 is 9.90 Å². The van der Waals surface area contributed by atoms with Crippen molar-refractivity contribution in [2.75, 3.05) is 5.33 Å². The SMILES string of the molecule is C=C(CCCCCCCCBr)C(=O)[O-]. The molecule has 2 nitrogen and oxygen atoms in total. The first-order valence-corrected chi connectivity index (χ1v) is 6.25. The Morgan fingerprint density at radius 2 is 1.57 bits per heavy atom. The Morgan fingerprint density at radius 3 is 2.07 bits per heavy atom. The Hall–Kier alpha value is -0.310. The molecule has 0 fully saturated rings. The van der Waals surface area contributed by atoms with Crippen LogP contribution in [0.15, 0.2) is 12.2 Å². The number of hydrogen-bond acceptors (Lipinski definition) is 2. The van der Waals surface area contributed by atoms with Gasteiger partial charge in [-0.1, -0.05) is 48.2 Å². The van der Waals surface area contributed by atoms with Crippen LogP contribution in [-0.2, 0) is 4.79 Å². The minimum Gasteiger partial charge on any atom is -0.545 e. The van der Waals surface area contributed by atoms with E-state index in [0.717, 1.165) is 18.2 Å². The first kappa shape index (κ1) is 13.7. The van der Waals surface area contributed by atoms with Crippen LogP contribution in [0.4, 0.5) is 0 Å². The molecule has 0 heterocycles. The molecule has 0 aromatic heterocycles. The number of carboxylic acid groups (broad SMARTS) is 1. The van der Waals surface area contributed by atoms with Crippen LogP contribution in [0.3, 0.4) is 0 Å². The first-order valence-electron chi connectivity index (χ1n) is 5.13. The van der Waals surface area contributed by atoms with Crippen LogP contribution in [0.25, 0.3) is 0 Å². The zero-order chi connectivity index (χ0) is 10.8. The summed E-state index contributed by atoms with van der Waals surface area (Å²) in [4.78, 5) is 10.3. The molecule has 0 aromatic carbocycles. The molecule has 0 aliphatic heterocycles. The van der Waals surface area contributed by atoms with Gasteiger partial charge in [-0.05, 0) is 24.8 Å². The van der Waals surface area contributed by atoms with E-state index in [1.54, 1.807) is 0 Å². The number of hydrogen-bond donors (Lipinski definition) is 0. The lowest BCUT2D eigenvalue weighted by molar-refractivity contribution is -0.299. The highest BCUT2D eigenvalue weighted by molar-refractivity contribution is 9.09. The maximum absolute atomic E-state index is 10.3. The van der Waals surface area contributed by atoms with Crippen molar-refractivity contribution < 1.29 is 9.90 Å². The molecule has 3 heteroatoms. The molecule has 0 saturated carbocycles. The van der Waals surface area contributed by atoms with E-state index in [9.17, 15) is 9.90 Å². The number of unbranched alkanes of at least 4 members (excludes halogenated alkanes) is 5. The fourth-order valence-electron chi connectivity index (χ4n) is 1.24. The molecule has 0 radical (unpaired) electrons. The highest BCUT2D eigenvalue weighted by Crippen LogP contribution is 2.10. The van der Waals surface area contributed by atoms with Crippen LogP contribution in [0.1, 0.15) is 44.9 Å². The second-order valence-corrected chi connectivity index (χ2v) is 4.24. The van der Waals surface area contributed by atoms with Gasteiger partial charge in [-0.3, -0.25) is 0 Å². The third-order valence-corrected chi connectivity index (χ3v) is 2.71. The van der Waals surface area contributed by atoms with Crippen molar-refractivity contribution in [3.05, 3.63) is 12.2 Å². The highest BCUT2D eigenvalue weighted by atomic mass is 79.9. The Labute approximate surface area is 94.5 Å². The van der Waals surface area contributed by atoms with Gasteiger partial charge in [0.2, 0.25) is 0 Å². The van der Waals surface area contributed by atoms with Gasteiger partial charge in [-0.2, -0.15) is 0 Å². The Morgan fingerprint density at radius 1 is 1.07 bits per heavy atom. The lowest BCUT2D eigenvalue weighted by Crippen LogP contribution is -2.23. The molecular formula is C11H18BrO2-. The van der Waals surface area contributed by atoms with Gasteiger partial charge in [0.15, 0.2) is 0 Å². The molecule has 0 saturated heterocycles. The predicted molar refractivity (Wildman–Crippen MR) is 60.3 cm³/mol. The lowest BCUT2D eigenvalue weighted by Gasteiger charge is -2.05. The molecule has 0 aromatic rings. The zero-order valence-electron chi connectivity index (χ0n) is 8.56. The molecule has 14 heavy (non-hydrogen) atoms. The van der Waals surface area contributed by atoms with Gasteiger partial charge in [-0.15, -0.1) is 0 Å². The van der Waals surface area contributed by atoms with Crippen LogP contribution in [0.5, 0.6) is 0 Å². The molecule has 0 atom stereocenters. The summed E-state index contributed by atoms with van der Waals surface area (Å²) in [5.74, 6) is -1.11. The molecular weight excluding hydrogens is 244 g/mol. The van der Waals surface area contributed by atoms with E-state index < -0.39 is 5.97 Å². The highest BCUT2D eigenvalue weighted by Gasteiger charge is 1.95. The number of carboxylic acids is 1. The smallest absolute Gasteiger partial charge is 0.0668 e. The molecule has 0 bridgehead atoms. The Bertz CT molecular complexity index is 178. The zero-order valence-corrected chi connectivity index (χ0v) is 10.1. The van der Waals surface area contributed by atoms with Gasteiger partial charge >= 0.3 is 0 Å². The number of aliphatic carboxylic acids is 1. The molecule has 0 rings (SSSR count). The third kappa shape index (κ3) is 8.30. The summed E-state index contributed by atoms with van der Waals surface area (Å²) >= 11 is 3.38. The molecule has 0 aliphatic rings. The second kappa shape index (κ2) is 9.25. The molecule has 0 N–H and O–H groups in total. The van der Waals surface area contributed by atoms with Crippen molar-refractivity contribution in [3.8, 4) is 0 Å². The van der Waals surface area contributed by atoms with E-state index in [1.165, 1.54) is 25.7 Å². The van der Waals surface area contributed by atoms with Crippen molar-refractivity contribution in [3.63, 3.8) is 0 Å². The van der Waals surface area contributed by atoms with E-state index >= 15 is 0 Å². The summed E-state index contributed by atoms with van der Waals surface area (Å²) < 4.78 is 0.